The lowest BCUT2D eigenvalue weighted by Crippen LogP contribution is -1.90. The highest BCUT2D eigenvalue weighted by Crippen LogP contribution is 2.37. The van der Waals surface area contributed by atoms with Crippen molar-refractivity contribution in [3.63, 3.8) is 0 Å². The van der Waals surface area contributed by atoms with Crippen molar-refractivity contribution >= 4 is 0 Å². The first-order valence-corrected chi connectivity index (χ1v) is 11.9. The summed E-state index contributed by atoms with van der Waals surface area (Å²) in [6.45, 7) is 8.67. The van der Waals surface area contributed by atoms with Gasteiger partial charge in [0.25, 0.3) is 0 Å². The van der Waals surface area contributed by atoms with Crippen LogP contribution in [0, 0.1) is 27.7 Å². The van der Waals surface area contributed by atoms with Crippen LogP contribution in [0.2, 0.25) is 0 Å². The first kappa shape index (κ1) is 21.9. The summed E-state index contributed by atoms with van der Waals surface area (Å²) in [4.78, 5) is 0. The van der Waals surface area contributed by atoms with Crippen LogP contribution in [0.4, 0.5) is 0 Å². The minimum Gasteiger partial charge on any atom is -0.0622 e. The van der Waals surface area contributed by atoms with Gasteiger partial charge in [-0.2, -0.15) is 0 Å². The van der Waals surface area contributed by atoms with Gasteiger partial charge in [-0.3, -0.25) is 0 Å². The van der Waals surface area contributed by atoms with Crippen molar-refractivity contribution in [1.29, 1.82) is 0 Å². The van der Waals surface area contributed by atoms with Crippen LogP contribution in [0.25, 0.3) is 44.5 Å². The summed E-state index contributed by atoms with van der Waals surface area (Å²) in [7, 11) is 0. The number of benzene rings is 5. The topological polar surface area (TPSA) is 0 Å². The van der Waals surface area contributed by atoms with E-state index in [9.17, 15) is 0 Å². The molecule has 0 nitrogen and oxygen atoms in total. The standard InChI is InChI=1S/C34H30/c1-23-15-24(2)18-31(17-23)29-12-8-11-28(21-29)30-13-14-33(32-19-25(3)16-26(4)20-32)34(22-30)27-9-6-5-7-10-27/h5-22H,1-4H3. The Morgan fingerprint density at radius 1 is 0.294 bits per heavy atom. The molecule has 0 fully saturated rings. The fourth-order valence-electron chi connectivity index (χ4n) is 4.98. The molecule has 0 heteroatoms. The quantitative estimate of drug-likeness (QED) is 0.262. The molecule has 0 atom stereocenters. The van der Waals surface area contributed by atoms with E-state index in [1.807, 2.05) is 0 Å². The summed E-state index contributed by atoms with van der Waals surface area (Å²) in [5, 5.41) is 0. The van der Waals surface area contributed by atoms with E-state index < -0.39 is 0 Å². The molecule has 34 heavy (non-hydrogen) atoms. The van der Waals surface area contributed by atoms with Crippen molar-refractivity contribution in [2.24, 2.45) is 0 Å². The summed E-state index contributed by atoms with van der Waals surface area (Å²) in [6.07, 6.45) is 0. The molecule has 0 saturated carbocycles. The van der Waals surface area contributed by atoms with Crippen molar-refractivity contribution in [1.82, 2.24) is 0 Å². The molecule has 5 aromatic carbocycles. The maximum Gasteiger partial charge on any atom is -0.00992 e. The molecular weight excluding hydrogens is 408 g/mol. The lowest BCUT2D eigenvalue weighted by Gasteiger charge is -2.15. The molecule has 0 aromatic heterocycles. The van der Waals surface area contributed by atoms with Crippen LogP contribution >= 0.6 is 0 Å². The Balaban J connectivity index is 1.65. The minimum atomic E-state index is 1.23. The van der Waals surface area contributed by atoms with Crippen LogP contribution in [0.5, 0.6) is 0 Å². The average Bonchev–Trinajstić information content (AvgIpc) is 2.83. The van der Waals surface area contributed by atoms with E-state index in [1.165, 1.54) is 66.8 Å². The van der Waals surface area contributed by atoms with Crippen molar-refractivity contribution in [3.8, 4) is 44.5 Å². The monoisotopic (exact) mass is 438 g/mol. The Bertz CT molecular complexity index is 1430. The maximum atomic E-state index is 2.35. The number of hydrogen-bond acceptors (Lipinski definition) is 0. The van der Waals surface area contributed by atoms with Gasteiger partial charge in [-0.25, -0.2) is 0 Å². The Labute approximate surface area is 203 Å². The molecule has 0 heterocycles. The third-order valence-corrected chi connectivity index (χ3v) is 6.39. The zero-order valence-corrected chi connectivity index (χ0v) is 20.4. The zero-order chi connectivity index (χ0) is 23.7. The molecule has 0 unspecified atom stereocenters. The normalized spacial score (nSPS) is 10.9. The summed E-state index contributed by atoms with van der Waals surface area (Å²) in [5.74, 6) is 0. The molecular formula is C34H30. The summed E-state index contributed by atoms with van der Waals surface area (Å²) in [5.41, 5.74) is 15.2. The predicted octanol–water partition coefficient (Wildman–Crippen LogP) is 9.59. The van der Waals surface area contributed by atoms with E-state index in [2.05, 4.69) is 137 Å². The zero-order valence-electron chi connectivity index (χ0n) is 20.4. The number of rotatable bonds is 4. The Kier molecular flexibility index (Phi) is 5.90. The molecule has 0 amide bonds. The molecule has 0 aliphatic rings. The number of aryl methyl sites for hydroxylation is 4. The third-order valence-electron chi connectivity index (χ3n) is 6.39. The van der Waals surface area contributed by atoms with E-state index in [0.717, 1.165) is 0 Å². The molecule has 0 saturated heterocycles. The van der Waals surface area contributed by atoms with Crippen LogP contribution in [-0.4, -0.2) is 0 Å². The van der Waals surface area contributed by atoms with Gasteiger partial charge in [0, 0.05) is 0 Å². The Morgan fingerprint density at radius 2 is 0.794 bits per heavy atom. The van der Waals surface area contributed by atoms with E-state index >= 15 is 0 Å². The van der Waals surface area contributed by atoms with Crippen LogP contribution in [-0.2, 0) is 0 Å². The van der Waals surface area contributed by atoms with E-state index in [4.69, 9.17) is 0 Å². The van der Waals surface area contributed by atoms with Gasteiger partial charge < -0.3 is 0 Å². The van der Waals surface area contributed by atoms with Gasteiger partial charge in [0.05, 0.1) is 0 Å². The minimum absolute atomic E-state index is 1.23. The van der Waals surface area contributed by atoms with Gasteiger partial charge in [-0.05, 0) is 84.3 Å². The highest BCUT2D eigenvalue weighted by atomic mass is 14.2. The van der Waals surface area contributed by atoms with Crippen LogP contribution in [0.3, 0.4) is 0 Å². The molecule has 166 valence electrons. The summed E-state index contributed by atoms with van der Waals surface area (Å²) < 4.78 is 0. The molecule has 5 aromatic rings. The highest BCUT2D eigenvalue weighted by molar-refractivity contribution is 5.88. The largest absolute Gasteiger partial charge is 0.0622 e. The fourth-order valence-corrected chi connectivity index (χ4v) is 4.98. The number of hydrogen-bond donors (Lipinski definition) is 0. The van der Waals surface area contributed by atoms with E-state index in [1.54, 1.807) is 0 Å². The molecule has 0 spiro atoms. The van der Waals surface area contributed by atoms with Gasteiger partial charge in [-0.1, -0.05) is 119 Å². The summed E-state index contributed by atoms with van der Waals surface area (Å²) in [6, 6.07) is 40.1. The smallest absolute Gasteiger partial charge is 0.00992 e. The molecule has 0 radical (unpaired) electrons. The van der Waals surface area contributed by atoms with Crippen LogP contribution in [0.15, 0.2) is 109 Å². The first-order valence-electron chi connectivity index (χ1n) is 11.9. The average molecular weight is 439 g/mol. The second-order valence-electron chi connectivity index (χ2n) is 9.46. The van der Waals surface area contributed by atoms with Crippen LogP contribution < -0.4 is 0 Å². The van der Waals surface area contributed by atoms with Gasteiger partial charge in [0.2, 0.25) is 0 Å². The van der Waals surface area contributed by atoms with Gasteiger partial charge in [0.15, 0.2) is 0 Å². The Hall–Kier alpha value is -3.90. The molecule has 0 N–H and O–H groups in total. The van der Waals surface area contributed by atoms with E-state index in [-0.39, 0.29) is 0 Å². The SMILES string of the molecule is Cc1cc(C)cc(-c2cccc(-c3ccc(-c4cc(C)cc(C)c4)c(-c4ccccc4)c3)c2)c1. The predicted molar refractivity (Wildman–Crippen MR) is 147 cm³/mol. The van der Waals surface area contributed by atoms with Crippen molar-refractivity contribution in [2.75, 3.05) is 0 Å². The molecule has 5 rings (SSSR count). The van der Waals surface area contributed by atoms with Gasteiger partial charge in [-0.15, -0.1) is 0 Å². The third kappa shape index (κ3) is 4.58. The maximum absolute atomic E-state index is 2.35. The second-order valence-corrected chi connectivity index (χ2v) is 9.46. The van der Waals surface area contributed by atoms with Gasteiger partial charge >= 0.3 is 0 Å². The first-order chi connectivity index (χ1) is 16.5. The van der Waals surface area contributed by atoms with Crippen LogP contribution in [0.1, 0.15) is 22.3 Å². The molecule has 0 aliphatic carbocycles. The fraction of sp³-hybridized carbons (Fsp3) is 0.118. The summed E-state index contributed by atoms with van der Waals surface area (Å²) >= 11 is 0. The molecule has 0 aliphatic heterocycles. The van der Waals surface area contributed by atoms with Crippen molar-refractivity contribution in [2.45, 2.75) is 27.7 Å². The highest BCUT2D eigenvalue weighted by Gasteiger charge is 2.11. The van der Waals surface area contributed by atoms with E-state index in [0.29, 0.717) is 0 Å². The van der Waals surface area contributed by atoms with Crippen molar-refractivity contribution < 1.29 is 0 Å². The second kappa shape index (κ2) is 9.15. The van der Waals surface area contributed by atoms with Crippen molar-refractivity contribution in [3.05, 3.63) is 131 Å². The Morgan fingerprint density at radius 3 is 1.41 bits per heavy atom. The lowest BCUT2D eigenvalue weighted by atomic mass is 9.89. The lowest BCUT2D eigenvalue weighted by molar-refractivity contribution is 1.38. The van der Waals surface area contributed by atoms with Gasteiger partial charge in [0.1, 0.15) is 0 Å². The molecule has 0 bridgehead atoms.